The fourth-order valence-corrected chi connectivity index (χ4v) is 7.91. The van der Waals surface area contributed by atoms with Crippen LogP contribution in [0.5, 0.6) is 5.19 Å². The van der Waals surface area contributed by atoms with Crippen LogP contribution in [0.15, 0.2) is 48.5 Å². The first kappa shape index (κ1) is 26.6. The Morgan fingerprint density at radius 1 is 0.973 bits per heavy atom. The quantitative estimate of drug-likeness (QED) is 0.376. The number of likely N-dealkylation sites (tertiary alicyclic amines) is 1. The zero-order valence-corrected chi connectivity index (χ0v) is 22.9. The normalized spacial score (nSPS) is 18.9. The molecule has 0 bridgehead atoms. The Balaban J connectivity index is 1.13. The Hall–Kier alpha value is -2.04. The van der Waals surface area contributed by atoms with Crippen LogP contribution in [-0.2, 0) is 16.6 Å². The molecule has 0 amide bonds. The van der Waals surface area contributed by atoms with Gasteiger partial charge in [0.1, 0.15) is 6.10 Å². The number of nitrogens with zero attached hydrogens (tertiary/aromatic N) is 3. The monoisotopic (exact) mass is 543 g/mol. The lowest BCUT2D eigenvalue weighted by molar-refractivity contribution is 0.0967. The van der Waals surface area contributed by atoms with E-state index in [1.807, 2.05) is 0 Å². The lowest BCUT2D eigenvalue weighted by atomic mass is 9.90. The van der Waals surface area contributed by atoms with Crippen molar-refractivity contribution >= 4 is 31.6 Å². The summed E-state index contributed by atoms with van der Waals surface area (Å²) in [4.78, 5) is 7.23. The van der Waals surface area contributed by atoms with Gasteiger partial charge in [0, 0.05) is 39.3 Å². The van der Waals surface area contributed by atoms with Gasteiger partial charge in [0.2, 0.25) is 10.0 Å². The van der Waals surface area contributed by atoms with Crippen LogP contribution in [0.25, 0.3) is 10.2 Å². The SMILES string of the molecule is O=S(=O)(CCCCO)N1CCC(c2ccc3nc(OC4CCN(Cc5ccccc5)CC4)sc3c2)CC1. The minimum absolute atomic E-state index is 0.0401. The first-order valence-corrected chi connectivity index (χ1v) is 15.8. The van der Waals surface area contributed by atoms with Crippen LogP contribution in [0.3, 0.4) is 0 Å². The molecule has 7 nitrogen and oxygen atoms in total. The van der Waals surface area contributed by atoms with E-state index >= 15 is 0 Å². The second-order valence-electron chi connectivity index (χ2n) is 10.2. The van der Waals surface area contributed by atoms with E-state index in [9.17, 15) is 8.42 Å². The van der Waals surface area contributed by atoms with Crippen LogP contribution in [0.1, 0.15) is 55.6 Å². The van der Waals surface area contributed by atoms with E-state index in [0.717, 1.165) is 60.7 Å². The minimum Gasteiger partial charge on any atom is -0.467 e. The molecule has 0 atom stereocenters. The lowest BCUT2D eigenvalue weighted by Crippen LogP contribution is -2.39. The number of sulfonamides is 1. The summed E-state index contributed by atoms with van der Waals surface area (Å²) in [6, 6.07) is 17.1. The first-order chi connectivity index (χ1) is 18.0. The third-order valence-electron chi connectivity index (χ3n) is 7.57. The summed E-state index contributed by atoms with van der Waals surface area (Å²) >= 11 is 1.61. The molecule has 9 heteroatoms. The zero-order valence-electron chi connectivity index (χ0n) is 21.3. The van der Waals surface area contributed by atoms with Crippen molar-refractivity contribution < 1.29 is 18.3 Å². The zero-order chi connectivity index (χ0) is 25.7. The molecule has 37 heavy (non-hydrogen) atoms. The molecule has 0 spiro atoms. The van der Waals surface area contributed by atoms with Crippen molar-refractivity contribution in [3.63, 3.8) is 0 Å². The maximum absolute atomic E-state index is 12.6. The third-order valence-corrected chi connectivity index (χ3v) is 10.4. The van der Waals surface area contributed by atoms with Gasteiger partial charge in [-0.1, -0.05) is 47.7 Å². The maximum Gasteiger partial charge on any atom is 0.274 e. The number of benzene rings is 2. The average Bonchev–Trinajstić information content (AvgIpc) is 3.32. The molecule has 2 aliphatic rings. The third kappa shape index (κ3) is 6.89. The van der Waals surface area contributed by atoms with Crippen LogP contribution in [0, 0.1) is 0 Å². The fraction of sp³-hybridized carbons (Fsp3) is 0.536. The van der Waals surface area contributed by atoms with Crippen molar-refractivity contribution in [2.24, 2.45) is 0 Å². The number of piperidine rings is 2. The van der Waals surface area contributed by atoms with Crippen molar-refractivity contribution in [3.05, 3.63) is 59.7 Å². The number of thiazole rings is 1. The standard InChI is InChI=1S/C28H37N3O4S2/c32-18-4-5-19-37(33,34)31-16-10-23(11-17-31)24-8-9-26-27(20-24)36-28(29-26)35-25-12-14-30(15-13-25)21-22-6-2-1-3-7-22/h1-3,6-9,20,23,25,32H,4-5,10-19,21H2. The lowest BCUT2D eigenvalue weighted by Gasteiger charge is -2.31. The molecular formula is C28H37N3O4S2. The largest absolute Gasteiger partial charge is 0.467 e. The Morgan fingerprint density at radius 3 is 2.46 bits per heavy atom. The number of unbranched alkanes of at least 4 members (excludes halogenated alkanes) is 1. The van der Waals surface area contributed by atoms with E-state index in [4.69, 9.17) is 14.8 Å². The second-order valence-corrected chi connectivity index (χ2v) is 13.3. The Kier molecular flexibility index (Phi) is 8.77. The Labute approximate surface area is 224 Å². The van der Waals surface area contributed by atoms with E-state index in [1.54, 1.807) is 15.6 Å². The van der Waals surface area contributed by atoms with Crippen LogP contribution in [0.4, 0.5) is 0 Å². The summed E-state index contributed by atoms with van der Waals surface area (Å²) < 4.78 is 34.2. The topological polar surface area (TPSA) is 83.0 Å². The molecule has 0 saturated carbocycles. The number of rotatable bonds is 10. The molecule has 5 rings (SSSR count). The van der Waals surface area contributed by atoms with Crippen LogP contribution < -0.4 is 4.74 Å². The second kappa shape index (κ2) is 12.2. The Morgan fingerprint density at radius 2 is 1.73 bits per heavy atom. The molecule has 2 fully saturated rings. The van der Waals surface area contributed by atoms with Gasteiger partial charge in [-0.25, -0.2) is 17.7 Å². The molecule has 1 aromatic heterocycles. The number of hydrogen-bond acceptors (Lipinski definition) is 7. The molecule has 0 radical (unpaired) electrons. The van der Waals surface area contributed by atoms with Gasteiger partial charge in [-0.05, 0) is 67.7 Å². The van der Waals surface area contributed by atoms with Crippen molar-refractivity contribution in [1.29, 1.82) is 0 Å². The predicted molar refractivity (Wildman–Crippen MR) is 149 cm³/mol. The first-order valence-electron chi connectivity index (χ1n) is 13.4. The molecule has 200 valence electrons. The van der Waals surface area contributed by atoms with Crippen LogP contribution in [-0.4, -0.2) is 72.4 Å². The summed E-state index contributed by atoms with van der Waals surface area (Å²) in [5.74, 6) is 0.480. The van der Waals surface area contributed by atoms with E-state index in [0.29, 0.717) is 31.8 Å². The molecule has 2 aromatic carbocycles. The van der Waals surface area contributed by atoms with Gasteiger partial charge < -0.3 is 9.84 Å². The fourth-order valence-electron chi connectivity index (χ4n) is 5.39. The van der Waals surface area contributed by atoms with Gasteiger partial charge in [0.25, 0.3) is 5.19 Å². The summed E-state index contributed by atoms with van der Waals surface area (Å²) in [5.41, 5.74) is 3.58. The molecule has 3 aromatic rings. The number of aliphatic hydroxyl groups excluding tert-OH is 1. The number of aromatic nitrogens is 1. The van der Waals surface area contributed by atoms with Crippen molar-refractivity contribution in [2.45, 2.75) is 57.1 Å². The smallest absolute Gasteiger partial charge is 0.274 e. The molecular weight excluding hydrogens is 506 g/mol. The van der Waals surface area contributed by atoms with Gasteiger partial charge in [-0.2, -0.15) is 0 Å². The van der Waals surface area contributed by atoms with Gasteiger partial charge >= 0.3 is 0 Å². The highest BCUT2D eigenvalue weighted by molar-refractivity contribution is 7.89. The van der Waals surface area contributed by atoms with Crippen molar-refractivity contribution in [1.82, 2.24) is 14.2 Å². The highest BCUT2D eigenvalue weighted by Crippen LogP contribution is 2.35. The maximum atomic E-state index is 12.6. The van der Waals surface area contributed by atoms with Gasteiger partial charge in [0.05, 0.1) is 16.0 Å². The minimum atomic E-state index is -3.23. The van der Waals surface area contributed by atoms with Gasteiger partial charge in [0.15, 0.2) is 0 Å². The van der Waals surface area contributed by atoms with E-state index in [-0.39, 0.29) is 18.5 Å². The number of hydrogen-bond donors (Lipinski definition) is 1. The summed E-state index contributed by atoms with van der Waals surface area (Å²) in [6.07, 6.45) is 4.92. The van der Waals surface area contributed by atoms with Crippen molar-refractivity contribution in [2.75, 3.05) is 38.5 Å². The van der Waals surface area contributed by atoms with E-state index in [1.165, 1.54) is 11.1 Å². The van der Waals surface area contributed by atoms with Crippen molar-refractivity contribution in [3.8, 4) is 5.19 Å². The predicted octanol–water partition coefficient (Wildman–Crippen LogP) is 4.62. The molecule has 3 heterocycles. The van der Waals surface area contributed by atoms with E-state index in [2.05, 4.69) is 53.4 Å². The molecule has 2 aliphatic heterocycles. The highest BCUT2D eigenvalue weighted by atomic mass is 32.2. The van der Waals surface area contributed by atoms with Crippen LogP contribution in [0.2, 0.25) is 0 Å². The number of ether oxygens (including phenoxy) is 1. The highest BCUT2D eigenvalue weighted by Gasteiger charge is 2.28. The molecule has 0 unspecified atom stereocenters. The summed E-state index contributed by atoms with van der Waals surface area (Å²) in [7, 11) is -3.23. The van der Waals surface area contributed by atoms with Crippen LogP contribution >= 0.6 is 11.3 Å². The molecule has 1 N–H and O–H groups in total. The Bertz CT molecular complexity index is 1250. The molecule has 0 aliphatic carbocycles. The molecule has 2 saturated heterocycles. The average molecular weight is 544 g/mol. The number of aliphatic hydroxyl groups is 1. The van der Waals surface area contributed by atoms with Gasteiger partial charge in [-0.15, -0.1) is 0 Å². The summed E-state index contributed by atoms with van der Waals surface area (Å²) in [5, 5.41) is 9.67. The number of fused-ring (bicyclic) bond motifs is 1. The van der Waals surface area contributed by atoms with Gasteiger partial charge in [-0.3, -0.25) is 4.90 Å². The summed E-state index contributed by atoms with van der Waals surface area (Å²) in [6.45, 7) is 4.22. The van der Waals surface area contributed by atoms with E-state index < -0.39 is 10.0 Å².